The number of rotatable bonds is 8. The lowest BCUT2D eigenvalue weighted by molar-refractivity contribution is 0.0697. The number of fused-ring (bicyclic) bond motifs is 1. The topological polar surface area (TPSA) is 92.5 Å². The highest BCUT2D eigenvalue weighted by Crippen LogP contribution is 2.32. The average molecular weight is 490 g/mol. The van der Waals surface area contributed by atoms with Crippen LogP contribution in [0.25, 0.3) is 22.2 Å². The number of benzene rings is 2. The van der Waals surface area contributed by atoms with Gasteiger partial charge in [-0.3, -0.25) is 0 Å². The molecule has 5 rings (SSSR count). The number of aromatic carboxylic acids is 1. The first-order valence-electron chi connectivity index (χ1n) is 12.0. The van der Waals surface area contributed by atoms with Crippen LogP contribution in [0.4, 0.5) is 15.9 Å². The molecule has 0 atom stereocenters. The number of nitrogens with one attached hydrogen (secondary N) is 1. The number of hydrogen-bond donors (Lipinski definition) is 2. The van der Waals surface area contributed by atoms with Gasteiger partial charge in [-0.25, -0.2) is 19.2 Å². The summed E-state index contributed by atoms with van der Waals surface area (Å²) >= 11 is 0. The second-order valence-electron chi connectivity index (χ2n) is 8.90. The minimum Gasteiger partial charge on any atom is -0.496 e. The van der Waals surface area contributed by atoms with Crippen molar-refractivity contribution in [1.29, 1.82) is 0 Å². The van der Waals surface area contributed by atoms with Crippen LogP contribution in [0.15, 0.2) is 48.8 Å². The largest absolute Gasteiger partial charge is 0.496 e. The molecule has 36 heavy (non-hydrogen) atoms. The summed E-state index contributed by atoms with van der Waals surface area (Å²) in [6, 6.07) is 12.1. The first kappa shape index (κ1) is 23.6. The molecule has 1 aliphatic rings. The third-order valence-electron chi connectivity index (χ3n) is 6.68. The van der Waals surface area contributed by atoms with Crippen molar-refractivity contribution in [3.05, 3.63) is 65.9 Å². The van der Waals surface area contributed by atoms with E-state index in [1.54, 1.807) is 25.3 Å². The van der Waals surface area contributed by atoms with E-state index in [0.29, 0.717) is 41.4 Å². The Labute approximate surface area is 208 Å². The first-order chi connectivity index (χ1) is 17.5. The number of carbonyl (C=O) groups is 1. The van der Waals surface area contributed by atoms with Crippen LogP contribution in [-0.2, 0) is 6.54 Å². The normalized spacial score (nSPS) is 13.4. The Hall–Kier alpha value is -4.14. The number of aromatic nitrogens is 3. The number of hydrogen-bond acceptors (Lipinski definition) is 6. The molecule has 8 nitrogen and oxygen atoms in total. The lowest BCUT2D eigenvalue weighted by atomic mass is 10.1. The lowest BCUT2D eigenvalue weighted by Crippen LogP contribution is -2.20. The molecule has 186 valence electrons. The minimum absolute atomic E-state index is 0.290. The van der Waals surface area contributed by atoms with Crippen molar-refractivity contribution in [2.24, 2.45) is 0 Å². The fourth-order valence-electron chi connectivity index (χ4n) is 4.91. The Bertz CT molecular complexity index is 1430. The van der Waals surface area contributed by atoms with E-state index in [2.05, 4.69) is 20.2 Å². The number of nitrogens with zero attached hydrogens (tertiary/aromatic N) is 4. The Morgan fingerprint density at radius 3 is 2.69 bits per heavy atom. The van der Waals surface area contributed by atoms with Gasteiger partial charge in [-0.05, 0) is 50.1 Å². The smallest absolute Gasteiger partial charge is 0.337 e. The molecule has 4 aromatic rings. The second kappa shape index (κ2) is 9.85. The van der Waals surface area contributed by atoms with Crippen LogP contribution in [0.2, 0.25) is 0 Å². The molecule has 0 bridgehead atoms. The highest BCUT2D eigenvalue weighted by atomic mass is 19.1. The number of aryl methyl sites for hydroxylation is 1. The number of methoxy groups -OCH3 is 1. The number of ether oxygens (including phenoxy) is 1. The van der Waals surface area contributed by atoms with Crippen molar-refractivity contribution in [2.45, 2.75) is 26.3 Å². The minimum atomic E-state index is -0.935. The predicted molar refractivity (Wildman–Crippen MR) is 138 cm³/mol. The molecule has 2 aromatic carbocycles. The van der Waals surface area contributed by atoms with Gasteiger partial charge >= 0.3 is 5.97 Å². The van der Waals surface area contributed by atoms with Crippen molar-refractivity contribution < 1.29 is 19.0 Å². The van der Waals surface area contributed by atoms with Crippen LogP contribution in [0.5, 0.6) is 5.75 Å². The van der Waals surface area contributed by atoms with E-state index in [-0.39, 0.29) is 5.82 Å². The summed E-state index contributed by atoms with van der Waals surface area (Å²) in [6.07, 6.45) is 3.59. The Morgan fingerprint density at radius 2 is 1.94 bits per heavy atom. The van der Waals surface area contributed by atoms with Crippen molar-refractivity contribution in [3.63, 3.8) is 0 Å². The first-order valence-corrected chi connectivity index (χ1v) is 12.0. The number of carboxylic acid groups (broad SMARTS) is 1. The van der Waals surface area contributed by atoms with Crippen LogP contribution >= 0.6 is 0 Å². The summed E-state index contributed by atoms with van der Waals surface area (Å²) in [5.74, 6) is 0.0540. The van der Waals surface area contributed by atoms with E-state index in [9.17, 15) is 14.3 Å². The van der Waals surface area contributed by atoms with Crippen molar-refractivity contribution in [3.8, 4) is 17.0 Å². The molecule has 0 unspecified atom stereocenters. The summed E-state index contributed by atoms with van der Waals surface area (Å²) in [5, 5.41) is 13.7. The maximum atomic E-state index is 14.6. The molecule has 9 heteroatoms. The third-order valence-corrected chi connectivity index (χ3v) is 6.68. The summed E-state index contributed by atoms with van der Waals surface area (Å²) in [5.41, 5.74) is 4.00. The Kier molecular flexibility index (Phi) is 6.45. The van der Waals surface area contributed by atoms with Gasteiger partial charge in [0.05, 0.1) is 29.6 Å². The van der Waals surface area contributed by atoms with E-state index < -0.39 is 5.97 Å². The van der Waals surface area contributed by atoms with E-state index in [4.69, 9.17) is 4.74 Å². The van der Waals surface area contributed by atoms with Gasteiger partial charge in [-0.1, -0.05) is 6.07 Å². The van der Waals surface area contributed by atoms with Gasteiger partial charge in [0, 0.05) is 48.9 Å². The monoisotopic (exact) mass is 489 g/mol. The van der Waals surface area contributed by atoms with E-state index in [1.165, 1.54) is 12.4 Å². The van der Waals surface area contributed by atoms with Gasteiger partial charge in [-0.15, -0.1) is 0 Å². The fourth-order valence-corrected chi connectivity index (χ4v) is 4.91. The van der Waals surface area contributed by atoms with Crippen LogP contribution < -0.4 is 15.0 Å². The number of anilines is 2. The molecular formula is C27H28FN5O3. The zero-order chi connectivity index (χ0) is 25.2. The molecule has 1 fully saturated rings. The van der Waals surface area contributed by atoms with Gasteiger partial charge in [-0.2, -0.15) is 0 Å². The van der Waals surface area contributed by atoms with Crippen LogP contribution in [0, 0.1) is 12.7 Å². The van der Waals surface area contributed by atoms with Crippen LogP contribution in [0.1, 0.15) is 28.9 Å². The molecule has 3 heterocycles. The zero-order valence-corrected chi connectivity index (χ0v) is 20.3. The molecule has 2 aromatic heterocycles. The van der Waals surface area contributed by atoms with E-state index in [0.717, 1.165) is 48.3 Å². The molecule has 0 saturated carbocycles. The summed E-state index contributed by atoms with van der Waals surface area (Å²) in [4.78, 5) is 22.6. The summed E-state index contributed by atoms with van der Waals surface area (Å²) < 4.78 is 22.0. The van der Waals surface area contributed by atoms with E-state index in [1.807, 2.05) is 29.7 Å². The standard InChI is InChI=1S/C27H28FN5O3/c1-17-13-20-24(36-2)8-7-21(28)26(20)33(17)12-9-29-25-15-22(30-16-31-25)18-5-6-19(27(34)35)23(14-18)32-10-3-4-11-32/h5-8,13-16H,3-4,9-12H2,1-2H3,(H,34,35)(H,29,30,31). The molecule has 0 aliphatic carbocycles. The quantitative estimate of drug-likeness (QED) is 0.361. The maximum Gasteiger partial charge on any atom is 0.337 e. The molecular weight excluding hydrogens is 461 g/mol. The molecule has 0 spiro atoms. The maximum absolute atomic E-state index is 14.6. The van der Waals surface area contributed by atoms with Gasteiger partial charge in [0.15, 0.2) is 0 Å². The van der Waals surface area contributed by atoms with Gasteiger partial charge in [0.2, 0.25) is 0 Å². The second-order valence-corrected chi connectivity index (χ2v) is 8.90. The van der Waals surface area contributed by atoms with Crippen LogP contribution in [0.3, 0.4) is 0 Å². The summed E-state index contributed by atoms with van der Waals surface area (Å²) in [7, 11) is 1.58. The van der Waals surface area contributed by atoms with Crippen LogP contribution in [-0.4, -0.2) is 52.4 Å². The highest BCUT2D eigenvalue weighted by Gasteiger charge is 2.20. The average Bonchev–Trinajstić information content (AvgIpc) is 3.53. The Balaban J connectivity index is 1.35. The third kappa shape index (κ3) is 4.44. The molecule has 2 N–H and O–H groups in total. The van der Waals surface area contributed by atoms with Crippen molar-refractivity contribution >= 4 is 28.4 Å². The molecule has 0 radical (unpaired) electrons. The molecule has 1 saturated heterocycles. The predicted octanol–water partition coefficient (Wildman–Crippen LogP) is 4.96. The fraction of sp³-hybridized carbons (Fsp3) is 0.296. The number of carboxylic acids is 1. The molecule has 0 amide bonds. The Morgan fingerprint density at radius 1 is 1.14 bits per heavy atom. The highest BCUT2D eigenvalue weighted by molar-refractivity contribution is 5.95. The van der Waals surface area contributed by atoms with E-state index >= 15 is 0 Å². The van der Waals surface area contributed by atoms with Gasteiger partial charge in [0.1, 0.15) is 23.7 Å². The van der Waals surface area contributed by atoms with Gasteiger partial charge < -0.3 is 24.6 Å². The zero-order valence-electron chi connectivity index (χ0n) is 20.3. The van der Waals surface area contributed by atoms with Crippen molar-refractivity contribution in [2.75, 3.05) is 37.0 Å². The SMILES string of the molecule is COc1ccc(F)c2c1cc(C)n2CCNc1cc(-c2ccc(C(=O)O)c(N3CCCC3)c2)ncn1. The van der Waals surface area contributed by atoms with Gasteiger partial charge in [0.25, 0.3) is 0 Å². The number of halogens is 1. The van der Waals surface area contributed by atoms with Crippen molar-refractivity contribution in [1.82, 2.24) is 14.5 Å². The summed E-state index contributed by atoms with van der Waals surface area (Å²) in [6.45, 7) is 4.70. The lowest BCUT2D eigenvalue weighted by Gasteiger charge is -2.21. The molecule has 1 aliphatic heterocycles.